The number of ether oxygens (including phenoxy) is 1. The van der Waals surface area contributed by atoms with Gasteiger partial charge in [0.15, 0.2) is 0 Å². The Bertz CT molecular complexity index is 1040. The minimum Gasteiger partial charge on any atom is -0.378 e. The van der Waals surface area contributed by atoms with Gasteiger partial charge in [-0.25, -0.2) is 0 Å². The number of aromatic nitrogens is 1. The minimum atomic E-state index is -0.269. The maximum Gasteiger partial charge on any atom is 0.270 e. The van der Waals surface area contributed by atoms with Crippen molar-refractivity contribution in [3.63, 3.8) is 0 Å². The summed E-state index contributed by atoms with van der Waals surface area (Å²) in [6, 6.07) is 2.11. The fourth-order valence-electron chi connectivity index (χ4n) is 4.13. The summed E-state index contributed by atoms with van der Waals surface area (Å²) < 4.78 is 7.81. The van der Waals surface area contributed by atoms with Crippen molar-refractivity contribution in [2.24, 2.45) is 0 Å². The van der Waals surface area contributed by atoms with Gasteiger partial charge in [-0.05, 0) is 31.4 Å². The lowest BCUT2D eigenvalue weighted by molar-refractivity contribution is -0.122. The maximum atomic E-state index is 13.3. The summed E-state index contributed by atoms with van der Waals surface area (Å²) in [7, 11) is 0. The maximum absolute atomic E-state index is 13.3. The van der Waals surface area contributed by atoms with E-state index in [1.165, 1.54) is 11.8 Å². The summed E-state index contributed by atoms with van der Waals surface area (Å²) in [6.45, 7) is 9.57. The lowest BCUT2D eigenvalue weighted by Gasteiger charge is -2.33. The van der Waals surface area contributed by atoms with Crippen molar-refractivity contribution < 1.29 is 9.53 Å². The lowest BCUT2D eigenvalue weighted by atomic mass is 10.0. The Hall–Kier alpha value is -2.15. The normalized spacial score (nSPS) is 17.8. The van der Waals surface area contributed by atoms with E-state index in [1.807, 2.05) is 6.08 Å². The van der Waals surface area contributed by atoms with Crippen LogP contribution in [0.4, 0.5) is 5.82 Å². The minimum absolute atomic E-state index is 0.0988. The van der Waals surface area contributed by atoms with E-state index in [1.54, 1.807) is 16.4 Å². The van der Waals surface area contributed by atoms with Gasteiger partial charge in [-0.1, -0.05) is 57.1 Å². The first kappa shape index (κ1) is 25.5. The third-order valence-electron chi connectivity index (χ3n) is 6.03. The molecule has 1 amide bonds. The van der Waals surface area contributed by atoms with Gasteiger partial charge in [0.1, 0.15) is 21.8 Å². The molecule has 0 atom stereocenters. The number of carbonyl (C=O) groups excluding carboxylic acids is 1. The van der Waals surface area contributed by atoms with E-state index in [-0.39, 0.29) is 17.0 Å². The number of hydrogen-bond acceptors (Lipinski definition) is 7. The zero-order valence-electron chi connectivity index (χ0n) is 19.7. The Labute approximate surface area is 205 Å². The van der Waals surface area contributed by atoms with E-state index >= 15 is 0 Å². The molecule has 7 nitrogen and oxygen atoms in total. The van der Waals surface area contributed by atoms with Crippen LogP contribution in [0.3, 0.4) is 0 Å². The molecule has 0 radical (unpaired) electrons. The Morgan fingerprint density at radius 3 is 2.45 bits per heavy atom. The molecular formula is C24H32N4O3S2. The number of unbranched alkanes of at least 4 members (excludes halogenated alkanes) is 3. The number of nitriles is 1. The van der Waals surface area contributed by atoms with E-state index in [0.717, 1.165) is 43.5 Å². The molecular weight excluding hydrogens is 456 g/mol. The molecule has 9 heteroatoms. The number of thiocarbonyl (C=S) groups is 1. The molecule has 0 aliphatic carbocycles. The SMILES string of the molecule is CCCCCN1C(=O)/C(=C/c2c(C)c(C#N)c(=O)n(CCCC)c2N2CCOCC2)SC1=S. The summed E-state index contributed by atoms with van der Waals surface area (Å²) in [5, 5.41) is 9.77. The highest BCUT2D eigenvalue weighted by Gasteiger charge is 2.33. The summed E-state index contributed by atoms with van der Waals surface area (Å²) in [5.74, 6) is 0.669. The third-order valence-corrected chi connectivity index (χ3v) is 7.40. The van der Waals surface area contributed by atoms with Crippen LogP contribution in [0.25, 0.3) is 6.08 Å². The highest BCUT2D eigenvalue weighted by atomic mass is 32.2. The molecule has 0 N–H and O–H groups in total. The molecule has 2 saturated heterocycles. The molecule has 2 aliphatic heterocycles. The van der Waals surface area contributed by atoms with E-state index in [4.69, 9.17) is 17.0 Å². The number of morpholine rings is 1. The molecule has 1 aromatic rings. The molecule has 178 valence electrons. The molecule has 0 saturated carbocycles. The van der Waals surface area contributed by atoms with Crippen molar-refractivity contribution in [2.75, 3.05) is 37.7 Å². The number of amides is 1. The number of carbonyl (C=O) groups is 1. The molecule has 33 heavy (non-hydrogen) atoms. The Kier molecular flexibility index (Phi) is 9.12. The summed E-state index contributed by atoms with van der Waals surface area (Å²) in [5.41, 5.74) is 1.22. The average molecular weight is 489 g/mol. The highest BCUT2D eigenvalue weighted by molar-refractivity contribution is 8.26. The van der Waals surface area contributed by atoms with Gasteiger partial charge in [-0.15, -0.1) is 0 Å². The molecule has 3 heterocycles. The monoisotopic (exact) mass is 488 g/mol. The van der Waals surface area contributed by atoms with Crippen LogP contribution in [0, 0.1) is 18.3 Å². The van der Waals surface area contributed by atoms with Crippen molar-refractivity contribution in [2.45, 2.75) is 59.4 Å². The fourth-order valence-corrected chi connectivity index (χ4v) is 5.42. The van der Waals surface area contributed by atoms with Crippen LogP contribution in [0.1, 0.15) is 62.6 Å². The second-order valence-electron chi connectivity index (χ2n) is 8.30. The van der Waals surface area contributed by atoms with Crippen LogP contribution in [0.2, 0.25) is 0 Å². The Balaban J connectivity index is 2.13. The van der Waals surface area contributed by atoms with Crippen molar-refractivity contribution in [1.82, 2.24) is 9.47 Å². The van der Waals surface area contributed by atoms with Crippen LogP contribution < -0.4 is 10.5 Å². The average Bonchev–Trinajstić information content (AvgIpc) is 3.08. The summed E-state index contributed by atoms with van der Waals surface area (Å²) in [4.78, 5) is 30.8. The quantitative estimate of drug-likeness (QED) is 0.295. The molecule has 2 aliphatic rings. The Morgan fingerprint density at radius 1 is 1.12 bits per heavy atom. The topological polar surface area (TPSA) is 78.6 Å². The number of thioether (sulfide) groups is 1. The molecule has 0 aromatic carbocycles. The number of pyridine rings is 1. The van der Waals surface area contributed by atoms with Gasteiger partial charge in [0, 0.05) is 31.7 Å². The number of nitrogens with zero attached hydrogens (tertiary/aromatic N) is 4. The Morgan fingerprint density at radius 2 is 1.82 bits per heavy atom. The number of hydrogen-bond donors (Lipinski definition) is 0. The number of anilines is 1. The largest absolute Gasteiger partial charge is 0.378 e. The predicted molar refractivity (Wildman–Crippen MR) is 137 cm³/mol. The highest BCUT2D eigenvalue weighted by Crippen LogP contribution is 2.36. The first-order chi connectivity index (χ1) is 15.9. The van der Waals surface area contributed by atoms with Crippen molar-refractivity contribution in [3.05, 3.63) is 31.9 Å². The van der Waals surface area contributed by atoms with Crippen LogP contribution in [-0.4, -0.2) is 52.5 Å². The zero-order chi connectivity index (χ0) is 24.0. The van der Waals surface area contributed by atoms with E-state index in [2.05, 4.69) is 24.8 Å². The zero-order valence-corrected chi connectivity index (χ0v) is 21.3. The van der Waals surface area contributed by atoms with Gasteiger partial charge in [0.05, 0.1) is 18.1 Å². The first-order valence-electron chi connectivity index (χ1n) is 11.7. The second kappa shape index (κ2) is 11.8. The van der Waals surface area contributed by atoms with Gasteiger partial charge < -0.3 is 9.64 Å². The van der Waals surface area contributed by atoms with Gasteiger partial charge in [-0.2, -0.15) is 5.26 Å². The van der Waals surface area contributed by atoms with E-state index < -0.39 is 0 Å². The molecule has 0 bridgehead atoms. The molecule has 0 unspecified atom stereocenters. The van der Waals surface area contributed by atoms with Crippen molar-refractivity contribution >= 4 is 46.1 Å². The number of rotatable bonds is 9. The summed E-state index contributed by atoms with van der Waals surface area (Å²) >= 11 is 6.79. The second-order valence-corrected chi connectivity index (χ2v) is 9.98. The smallest absolute Gasteiger partial charge is 0.270 e. The first-order valence-corrected chi connectivity index (χ1v) is 12.9. The van der Waals surface area contributed by atoms with Crippen LogP contribution in [0.15, 0.2) is 9.70 Å². The fraction of sp³-hybridized carbons (Fsp3) is 0.583. The van der Waals surface area contributed by atoms with E-state index in [9.17, 15) is 14.9 Å². The van der Waals surface area contributed by atoms with Gasteiger partial charge in [0.2, 0.25) is 0 Å². The van der Waals surface area contributed by atoms with Gasteiger partial charge >= 0.3 is 0 Å². The van der Waals surface area contributed by atoms with Gasteiger partial charge in [0.25, 0.3) is 11.5 Å². The van der Waals surface area contributed by atoms with Crippen molar-refractivity contribution in [3.8, 4) is 6.07 Å². The standard InChI is InChI=1S/C24H32N4O3S2/c1-4-6-8-10-28-23(30)20(33-24(28)32)15-18-17(3)19(16-25)22(29)27(9-7-5-2)21(18)26-11-13-31-14-12-26/h15H,4-14H2,1-3H3/b20-15-. The van der Waals surface area contributed by atoms with Crippen molar-refractivity contribution in [1.29, 1.82) is 5.26 Å². The van der Waals surface area contributed by atoms with Crippen LogP contribution in [0.5, 0.6) is 0 Å². The van der Waals surface area contributed by atoms with Crippen LogP contribution in [-0.2, 0) is 16.1 Å². The third kappa shape index (κ3) is 5.51. The van der Waals surface area contributed by atoms with E-state index in [0.29, 0.717) is 54.2 Å². The molecule has 0 spiro atoms. The van der Waals surface area contributed by atoms with Crippen LogP contribution >= 0.6 is 24.0 Å². The predicted octanol–water partition coefficient (Wildman–Crippen LogP) is 4.06. The molecule has 1 aromatic heterocycles. The molecule has 3 rings (SSSR count). The lowest BCUT2D eigenvalue weighted by Crippen LogP contribution is -2.41. The molecule has 2 fully saturated rings. The summed E-state index contributed by atoms with van der Waals surface area (Å²) in [6.07, 6.45) is 6.62. The van der Waals surface area contributed by atoms with Gasteiger partial charge in [-0.3, -0.25) is 19.1 Å².